The summed E-state index contributed by atoms with van der Waals surface area (Å²) in [5.41, 5.74) is 5.23. The fourth-order valence-corrected chi connectivity index (χ4v) is 1.49. The van der Waals surface area contributed by atoms with Gasteiger partial charge in [0.1, 0.15) is 0 Å². The zero-order chi connectivity index (χ0) is 13.5. The molecule has 0 aliphatic carbocycles. The van der Waals surface area contributed by atoms with E-state index in [1.54, 1.807) is 0 Å². The van der Waals surface area contributed by atoms with Gasteiger partial charge in [0.05, 0.1) is 5.41 Å². The highest BCUT2D eigenvalue weighted by Gasteiger charge is 2.29. The minimum Gasteiger partial charge on any atom is -0.354 e. The van der Waals surface area contributed by atoms with E-state index in [-0.39, 0.29) is 5.91 Å². The topological polar surface area (TPSA) is 58.4 Å². The normalized spacial score (nSPS) is 16.6. The molecule has 2 unspecified atom stereocenters. The number of likely N-dealkylation sites (N-methyl/N-ethyl adjacent to an activating group) is 1. The van der Waals surface area contributed by atoms with E-state index in [0.29, 0.717) is 19.1 Å². The molecule has 0 saturated heterocycles. The summed E-state index contributed by atoms with van der Waals surface area (Å²) in [5, 5.41) is 2.97. The van der Waals surface area contributed by atoms with Crippen LogP contribution >= 0.6 is 0 Å². The minimum absolute atomic E-state index is 0.0695. The number of nitrogens with zero attached hydrogens (tertiary/aromatic N) is 1. The van der Waals surface area contributed by atoms with Crippen molar-refractivity contribution in [3.05, 3.63) is 0 Å². The number of hydrogen-bond acceptors (Lipinski definition) is 3. The molecule has 17 heavy (non-hydrogen) atoms. The maximum atomic E-state index is 11.9. The largest absolute Gasteiger partial charge is 0.354 e. The quantitative estimate of drug-likeness (QED) is 0.673. The maximum Gasteiger partial charge on any atom is 0.227 e. The van der Waals surface area contributed by atoms with Crippen molar-refractivity contribution in [3.63, 3.8) is 0 Å². The van der Waals surface area contributed by atoms with Crippen molar-refractivity contribution < 1.29 is 4.79 Å². The monoisotopic (exact) mass is 243 g/mol. The molecule has 0 aliphatic rings. The lowest BCUT2D eigenvalue weighted by atomic mass is 9.87. The van der Waals surface area contributed by atoms with Crippen molar-refractivity contribution in [1.82, 2.24) is 10.2 Å². The molecule has 0 saturated carbocycles. The third-order valence-electron chi connectivity index (χ3n) is 3.87. The van der Waals surface area contributed by atoms with E-state index in [1.807, 2.05) is 13.8 Å². The van der Waals surface area contributed by atoms with Crippen LogP contribution in [0.4, 0.5) is 0 Å². The Hall–Kier alpha value is -0.610. The van der Waals surface area contributed by atoms with Crippen LogP contribution in [0.3, 0.4) is 0 Å². The molecule has 3 N–H and O–H groups in total. The van der Waals surface area contributed by atoms with Crippen LogP contribution in [0.2, 0.25) is 0 Å². The first-order chi connectivity index (χ1) is 7.91. The van der Waals surface area contributed by atoms with Gasteiger partial charge in [-0.15, -0.1) is 0 Å². The summed E-state index contributed by atoms with van der Waals surface area (Å²) >= 11 is 0. The van der Waals surface area contributed by atoms with Gasteiger partial charge in [0.15, 0.2) is 0 Å². The SMILES string of the molecule is CCC(C)N(C)CCNC(=O)C(C)(CC)CN. The molecular formula is C13H29N3O. The van der Waals surface area contributed by atoms with Gasteiger partial charge >= 0.3 is 0 Å². The second-order valence-corrected chi connectivity index (χ2v) is 5.11. The first kappa shape index (κ1) is 16.4. The molecule has 102 valence electrons. The molecular weight excluding hydrogens is 214 g/mol. The van der Waals surface area contributed by atoms with Crippen LogP contribution in [0.5, 0.6) is 0 Å². The Labute approximate surface area is 106 Å². The van der Waals surface area contributed by atoms with Crippen LogP contribution in [-0.2, 0) is 4.79 Å². The average Bonchev–Trinajstić information content (AvgIpc) is 2.36. The fraction of sp³-hybridized carbons (Fsp3) is 0.923. The number of amides is 1. The Morgan fingerprint density at radius 3 is 2.47 bits per heavy atom. The fourth-order valence-electron chi connectivity index (χ4n) is 1.49. The average molecular weight is 243 g/mol. The van der Waals surface area contributed by atoms with Gasteiger partial charge < -0.3 is 16.0 Å². The van der Waals surface area contributed by atoms with Gasteiger partial charge in [-0.3, -0.25) is 4.79 Å². The van der Waals surface area contributed by atoms with Crippen LogP contribution in [0.25, 0.3) is 0 Å². The van der Waals surface area contributed by atoms with Crippen LogP contribution in [0, 0.1) is 5.41 Å². The van der Waals surface area contributed by atoms with E-state index < -0.39 is 5.41 Å². The van der Waals surface area contributed by atoms with Crippen LogP contribution < -0.4 is 11.1 Å². The number of carbonyl (C=O) groups excluding carboxylic acids is 1. The number of nitrogens with two attached hydrogens (primary N) is 1. The Bertz CT molecular complexity index is 227. The van der Waals surface area contributed by atoms with E-state index in [9.17, 15) is 4.79 Å². The summed E-state index contributed by atoms with van der Waals surface area (Å²) in [6.45, 7) is 10.2. The van der Waals surface area contributed by atoms with Crippen LogP contribution in [0.15, 0.2) is 0 Å². The van der Waals surface area contributed by atoms with E-state index in [1.165, 1.54) is 0 Å². The molecule has 0 aromatic heterocycles. The summed E-state index contributed by atoms with van der Waals surface area (Å²) in [7, 11) is 2.09. The molecule has 4 heteroatoms. The summed E-state index contributed by atoms with van der Waals surface area (Å²) in [6, 6.07) is 0.555. The summed E-state index contributed by atoms with van der Waals surface area (Å²) in [6.07, 6.45) is 1.90. The second-order valence-electron chi connectivity index (χ2n) is 5.11. The zero-order valence-corrected chi connectivity index (χ0v) is 12.0. The van der Waals surface area contributed by atoms with Crippen molar-refractivity contribution in [2.45, 2.75) is 46.6 Å². The molecule has 0 aromatic rings. The maximum absolute atomic E-state index is 11.9. The van der Waals surface area contributed by atoms with Crippen molar-refractivity contribution in [3.8, 4) is 0 Å². The van der Waals surface area contributed by atoms with Crippen LogP contribution in [0.1, 0.15) is 40.5 Å². The molecule has 2 atom stereocenters. The molecule has 0 aromatic carbocycles. The number of nitrogens with one attached hydrogen (secondary N) is 1. The molecule has 0 bridgehead atoms. The molecule has 0 spiro atoms. The smallest absolute Gasteiger partial charge is 0.227 e. The third kappa shape index (κ3) is 5.04. The summed E-state index contributed by atoms with van der Waals surface area (Å²) < 4.78 is 0. The second kappa shape index (κ2) is 7.67. The van der Waals surface area contributed by atoms with E-state index >= 15 is 0 Å². The molecule has 0 rings (SSSR count). The summed E-state index contributed by atoms with van der Waals surface area (Å²) in [4.78, 5) is 14.2. The molecule has 0 aliphatic heterocycles. The lowest BCUT2D eigenvalue weighted by Gasteiger charge is -2.27. The van der Waals surface area contributed by atoms with Crippen molar-refractivity contribution in [2.75, 3.05) is 26.7 Å². The predicted octanol–water partition coefficient (Wildman–Crippen LogP) is 1.21. The van der Waals surface area contributed by atoms with Gasteiger partial charge in [0.25, 0.3) is 0 Å². The molecule has 4 nitrogen and oxygen atoms in total. The molecule has 0 heterocycles. The first-order valence-corrected chi connectivity index (χ1v) is 6.59. The lowest BCUT2D eigenvalue weighted by Crippen LogP contribution is -2.46. The number of rotatable bonds is 8. The minimum atomic E-state index is -0.422. The predicted molar refractivity (Wildman–Crippen MR) is 72.8 cm³/mol. The van der Waals surface area contributed by atoms with Gasteiger partial charge in [-0.1, -0.05) is 13.8 Å². The highest BCUT2D eigenvalue weighted by Crippen LogP contribution is 2.18. The van der Waals surface area contributed by atoms with E-state index in [0.717, 1.165) is 19.4 Å². The van der Waals surface area contributed by atoms with Crippen molar-refractivity contribution in [2.24, 2.45) is 11.1 Å². The van der Waals surface area contributed by atoms with Crippen molar-refractivity contribution in [1.29, 1.82) is 0 Å². The van der Waals surface area contributed by atoms with Gasteiger partial charge in [-0.2, -0.15) is 0 Å². The van der Waals surface area contributed by atoms with E-state index in [2.05, 4.69) is 31.1 Å². The molecule has 0 fully saturated rings. The van der Waals surface area contributed by atoms with Crippen LogP contribution in [-0.4, -0.2) is 43.5 Å². The number of carbonyl (C=O) groups is 1. The highest BCUT2D eigenvalue weighted by atomic mass is 16.2. The Kier molecular flexibility index (Phi) is 7.39. The zero-order valence-electron chi connectivity index (χ0n) is 12.0. The summed E-state index contributed by atoms with van der Waals surface area (Å²) in [5.74, 6) is 0.0695. The first-order valence-electron chi connectivity index (χ1n) is 6.59. The Morgan fingerprint density at radius 2 is 2.06 bits per heavy atom. The standard InChI is InChI=1S/C13H29N3O/c1-6-11(3)16(5)9-8-15-12(17)13(4,7-2)10-14/h11H,6-10,14H2,1-5H3,(H,15,17). The van der Waals surface area contributed by atoms with Crippen molar-refractivity contribution >= 4 is 5.91 Å². The van der Waals surface area contributed by atoms with Gasteiger partial charge in [-0.05, 0) is 33.7 Å². The Balaban J connectivity index is 4.01. The number of hydrogen-bond donors (Lipinski definition) is 2. The Morgan fingerprint density at radius 1 is 1.47 bits per heavy atom. The highest BCUT2D eigenvalue weighted by molar-refractivity contribution is 5.82. The third-order valence-corrected chi connectivity index (χ3v) is 3.87. The lowest BCUT2D eigenvalue weighted by molar-refractivity contribution is -0.129. The molecule has 1 amide bonds. The van der Waals surface area contributed by atoms with Gasteiger partial charge in [0, 0.05) is 25.7 Å². The van der Waals surface area contributed by atoms with E-state index in [4.69, 9.17) is 5.73 Å². The molecule has 0 radical (unpaired) electrons. The van der Waals surface area contributed by atoms with Gasteiger partial charge in [-0.25, -0.2) is 0 Å². The van der Waals surface area contributed by atoms with Gasteiger partial charge in [0.2, 0.25) is 5.91 Å².